The highest BCUT2D eigenvalue weighted by molar-refractivity contribution is 5.99. The molecule has 3 rings (SSSR count). The summed E-state index contributed by atoms with van der Waals surface area (Å²) in [5.41, 5.74) is -1.97. The molecular formula is C21H20F6N4O2. The zero-order valence-corrected chi connectivity index (χ0v) is 17.5. The lowest BCUT2D eigenvalue weighted by atomic mass is 10.0. The Kier molecular flexibility index (Phi) is 6.57. The van der Waals surface area contributed by atoms with Crippen LogP contribution in [0.1, 0.15) is 25.1 Å². The molecule has 1 aromatic heterocycles. The number of nitrogens with zero attached hydrogens (tertiary/aromatic N) is 3. The Bertz CT molecular complexity index is 1020. The van der Waals surface area contributed by atoms with Gasteiger partial charge in [-0.05, 0) is 36.2 Å². The van der Waals surface area contributed by atoms with Gasteiger partial charge < -0.3 is 10.2 Å². The van der Waals surface area contributed by atoms with E-state index < -0.39 is 48.1 Å². The first-order valence-corrected chi connectivity index (χ1v) is 9.86. The first kappa shape index (κ1) is 24.3. The van der Waals surface area contributed by atoms with Gasteiger partial charge in [0.05, 0.1) is 23.5 Å². The van der Waals surface area contributed by atoms with Gasteiger partial charge in [-0.1, -0.05) is 19.9 Å². The topological polar surface area (TPSA) is 65.5 Å². The van der Waals surface area contributed by atoms with Crippen LogP contribution in [0.5, 0.6) is 0 Å². The van der Waals surface area contributed by atoms with E-state index in [1.165, 1.54) is 15.9 Å². The Balaban J connectivity index is 1.75. The predicted octanol–water partition coefficient (Wildman–Crippen LogP) is 5.02. The van der Waals surface area contributed by atoms with E-state index in [9.17, 15) is 35.9 Å². The second kappa shape index (κ2) is 8.91. The smallest absolute Gasteiger partial charge is 0.325 e. The van der Waals surface area contributed by atoms with Crippen molar-refractivity contribution < 1.29 is 35.9 Å². The largest absolute Gasteiger partial charge is 0.433 e. The van der Waals surface area contributed by atoms with Crippen molar-refractivity contribution >= 4 is 23.3 Å². The SMILES string of the molecule is CC(C)C1CN(c2ccc(C(F)(F)F)nc2)C(=O)N1CC(=O)Nc1cccc(C(F)(F)F)c1. The van der Waals surface area contributed by atoms with E-state index >= 15 is 0 Å². The van der Waals surface area contributed by atoms with Gasteiger partial charge in [-0.3, -0.25) is 9.69 Å². The molecular weight excluding hydrogens is 454 g/mol. The average molecular weight is 474 g/mol. The highest BCUT2D eigenvalue weighted by atomic mass is 19.4. The minimum absolute atomic E-state index is 0.0774. The molecule has 1 saturated heterocycles. The van der Waals surface area contributed by atoms with Crippen LogP contribution in [0, 0.1) is 5.92 Å². The van der Waals surface area contributed by atoms with Gasteiger partial charge in [-0.25, -0.2) is 9.78 Å². The van der Waals surface area contributed by atoms with Gasteiger partial charge >= 0.3 is 18.4 Å². The number of urea groups is 1. The van der Waals surface area contributed by atoms with Crippen LogP contribution in [-0.4, -0.2) is 41.0 Å². The highest BCUT2D eigenvalue weighted by Gasteiger charge is 2.41. The number of pyridine rings is 1. The van der Waals surface area contributed by atoms with Crippen LogP contribution < -0.4 is 10.2 Å². The summed E-state index contributed by atoms with van der Waals surface area (Å²) in [5, 5.41) is 2.35. The summed E-state index contributed by atoms with van der Waals surface area (Å²) in [7, 11) is 0. The van der Waals surface area contributed by atoms with E-state index in [4.69, 9.17) is 0 Å². The molecule has 1 unspecified atom stereocenters. The van der Waals surface area contributed by atoms with Crippen LogP contribution in [0.4, 0.5) is 42.5 Å². The standard InChI is InChI=1S/C21H20F6N4O2/c1-12(2)16-10-30(15-6-7-17(28-9-15)21(25,26)27)19(33)31(16)11-18(32)29-14-5-3-4-13(8-14)20(22,23)24/h3-9,12,16H,10-11H2,1-2H3,(H,29,32). The minimum Gasteiger partial charge on any atom is -0.325 e. The summed E-state index contributed by atoms with van der Waals surface area (Å²) >= 11 is 0. The van der Waals surface area contributed by atoms with Crippen LogP contribution in [0.15, 0.2) is 42.6 Å². The molecule has 0 aliphatic carbocycles. The number of aromatic nitrogens is 1. The molecule has 0 radical (unpaired) electrons. The third-order valence-corrected chi connectivity index (χ3v) is 5.15. The third-order valence-electron chi connectivity index (χ3n) is 5.15. The maximum absolute atomic E-state index is 12.9. The monoisotopic (exact) mass is 474 g/mol. The van der Waals surface area contributed by atoms with Crippen molar-refractivity contribution in [3.8, 4) is 0 Å². The zero-order valence-electron chi connectivity index (χ0n) is 17.5. The Labute approximate surface area is 185 Å². The van der Waals surface area contributed by atoms with Gasteiger partial charge in [-0.2, -0.15) is 26.3 Å². The zero-order chi connectivity index (χ0) is 24.6. The van der Waals surface area contributed by atoms with E-state index in [0.29, 0.717) is 0 Å². The van der Waals surface area contributed by atoms with E-state index in [-0.39, 0.29) is 23.8 Å². The molecule has 33 heavy (non-hydrogen) atoms. The number of carbonyl (C=O) groups is 2. The quantitative estimate of drug-likeness (QED) is 0.619. The molecule has 0 saturated carbocycles. The Morgan fingerprint density at radius 3 is 2.36 bits per heavy atom. The van der Waals surface area contributed by atoms with E-state index in [1.807, 2.05) is 13.8 Å². The number of hydrogen-bond acceptors (Lipinski definition) is 3. The van der Waals surface area contributed by atoms with E-state index in [1.54, 1.807) is 0 Å². The molecule has 12 heteroatoms. The third kappa shape index (κ3) is 5.55. The van der Waals surface area contributed by atoms with Crippen molar-refractivity contribution in [3.05, 3.63) is 53.9 Å². The van der Waals surface area contributed by atoms with Crippen molar-refractivity contribution in [2.45, 2.75) is 32.2 Å². The maximum atomic E-state index is 12.9. The molecule has 2 aromatic rings. The Morgan fingerprint density at radius 2 is 1.82 bits per heavy atom. The van der Waals surface area contributed by atoms with Crippen LogP contribution in [0.25, 0.3) is 0 Å². The number of hydrogen-bond donors (Lipinski definition) is 1. The second-order valence-electron chi connectivity index (χ2n) is 7.86. The fourth-order valence-electron chi connectivity index (χ4n) is 3.47. The van der Waals surface area contributed by atoms with Gasteiger partial charge in [0, 0.05) is 12.2 Å². The van der Waals surface area contributed by atoms with Crippen LogP contribution in [0.3, 0.4) is 0 Å². The summed E-state index contributed by atoms with van der Waals surface area (Å²) in [6, 6.07) is 4.90. The number of rotatable bonds is 5. The number of benzene rings is 1. The van der Waals surface area contributed by atoms with Gasteiger partial charge in [0.15, 0.2) is 0 Å². The minimum atomic E-state index is -4.62. The van der Waals surface area contributed by atoms with E-state index in [2.05, 4.69) is 10.3 Å². The molecule has 0 bridgehead atoms. The van der Waals surface area contributed by atoms with Gasteiger partial charge in [0.25, 0.3) is 0 Å². The van der Waals surface area contributed by atoms with Gasteiger partial charge in [0.2, 0.25) is 5.91 Å². The van der Waals surface area contributed by atoms with Crippen molar-refractivity contribution in [2.75, 3.05) is 23.3 Å². The molecule has 1 aliphatic heterocycles. The number of halogens is 6. The Morgan fingerprint density at radius 1 is 1.12 bits per heavy atom. The summed E-state index contributed by atoms with van der Waals surface area (Å²) < 4.78 is 76.9. The molecule has 1 fully saturated rings. The Hall–Kier alpha value is -3.31. The van der Waals surface area contributed by atoms with Crippen molar-refractivity contribution in [2.24, 2.45) is 5.92 Å². The van der Waals surface area contributed by atoms with Crippen LogP contribution in [-0.2, 0) is 17.1 Å². The first-order chi connectivity index (χ1) is 15.3. The molecule has 1 aromatic carbocycles. The van der Waals surface area contributed by atoms with Crippen LogP contribution in [0.2, 0.25) is 0 Å². The van der Waals surface area contributed by atoms with Crippen molar-refractivity contribution in [1.82, 2.24) is 9.88 Å². The average Bonchev–Trinajstić information content (AvgIpc) is 3.03. The molecule has 6 nitrogen and oxygen atoms in total. The fourth-order valence-corrected chi connectivity index (χ4v) is 3.47. The van der Waals surface area contributed by atoms with Gasteiger partial charge in [0.1, 0.15) is 12.2 Å². The number of alkyl halides is 6. The fraction of sp³-hybridized carbons (Fsp3) is 0.381. The second-order valence-corrected chi connectivity index (χ2v) is 7.86. The molecule has 3 amide bonds. The number of nitrogens with one attached hydrogen (secondary N) is 1. The normalized spacial score (nSPS) is 17.1. The molecule has 1 N–H and O–H groups in total. The number of anilines is 2. The molecule has 0 spiro atoms. The van der Waals surface area contributed by atoms with Crippen LogP contribution >= 0.6 is 0 Å². The molecule has 1 aliphatic rings. The molecule has 2 heterocycles. The molecule has 1 atom stereocenters. The predicted molar refractivity (Wildman–Crippen MR) is 107 cm³/mol. The van der Waals surface area contributed by atoms with Crippen molar-refractivity contribution in [3.63, 3.8) is 0 Å². The van der Waals surface area contributed by atoms with Crippen molar-refractivity contribution in [1.29, 1.82) is 0 Å². The lowest BCUT2D eigenvalue weighted by Gasteiger charge is -2.25. The summed E-state index contributed by atoms with van der Waals surface area (Å²) in [6.45, 7) is 3.29. The first-order valence-electron chi connectivity index (χ1n) is 9.86. The van der Waals surface area contributed by atoms with E-state index in [0.717, 1.165) is 36.5 Å². The maximum Gasteiger partial charge on any atom is 0.433 e. The summed E-state index contributed by atoms with van der Waals surface area (Å²) in [6.07, 6.45) is -8.27. The number of carbonyl (C=O) groups excluding carboxylic acids is 2. The van der Waals surface area contributed by atoms with Gasteiger partial charge in [-0.15, -0.1) is 0 Å². The lowest BCUT2D eigenvalue weighted by Crippen LogP contribution is -2.42. The summed E-state index contributed by atoms with van der Waals surface area (Å²) in [5.74, 6) is -0.816. The summed E-state index contributed by atoms with van der Waals surface area (Å²) in [4.78, 5) is 31.3. The number of amides is 3. The lowest BCUT2D eigenvalue weighted by molar-refractivity contribution is -0.141. The molecule has 178 valence electrons. The highest BCUT2D eigenvalue weighted by Crippen LogP contribution is 2.32.